The molecule has 0 aliphatic carbocycles. The molecule has 3 aliphatic rings. The number of fused-ring (bicyclic) bond motifs is 2. The zero-order valence-electron chi connectivity index (χ0n) is 25.0. The van der Waals surface area contributed by atoms with Crippen LogP contribution in [0.25, 0.3) is 33.3 Å². The van der Waals surface area contributed by atoms with Gasteiger partial charge in [0.05, 0.1) is 45.5 Å². The van der Waals surface area contributed by atoms with Crippen molar-refractivity contribution in [2.75, 3.05) is 0 Å². The van der Waals surface area contributed by atoms with Gasteiger partial charge in [0, 0.05) is 11.1 Å². The summed E-state index contributed by atoms with van der Waals surface area (Å²) in [6, 6.07) is 16.5. The zero-order chi connectivity index (χ0) is 29.7. The van der Waals surface area contributed by atoms with Crippen molar-refractivity contribution < 1.29 is 18.6 Å². The van der Waals surface area contributed by atoms with Crippen molar-refractivity contribution in [2.45, 2.75) is 77.8 Å². The predicted molar refractivity (Wildman–Crippen MR) is 171 cm³/mol. The smallest absolute Gasteiger partial charge is 0.399 e. The lowest BCUT2D eigenvalue weighted by Crippen LogP contribution is -2.41. The van der Waals surface area contributed by atoms with Gasteiger partial charge in [0.2, 0.25) is 0 Å². The van der Waals surface area contributed by atoms with Crippen LogP contribution in [0.4, 0.5) is 11.4 Å². The Bertz CT molecular complexity index is 1640. The molecule has 2 fully saturated rings. The fourth-order valence-corrected chi connectivity index (χ4v) is 6.50. The summed E-state index contributed by atoms with van der Waals surface area (Å²) >= 11 is 2.40. The van der Waals surface area contributed by atoms with E-state index in [4.69, 9.17) is 36.1 Å². The molecule has 0 bridgehead atoms. The second-order valence-electron chi connectivity index (χ2n) is 13.1. The average Bonchev–Trinajstić information content (AvgIpc) is 3.68. The van der Waals surface area contributed by atoms with Crippen LogP contribution in [0.1, 0.15) is 55.4 Å². The first-order valence-corrected chi connectivity index (χ1v) is 15.6. The molecule has 1 aromatic heterocycles. The lowest BCUT2D eigenvalue weighted by molar-refractivity contribution is 0.00578. The maximum atomic E-state index is 6.26. The molecule has 0 spiro atoms. The van der Waals surface area contributed by atoms with E-state index in [0.29, 0.717) is 0 Å². The Morgan fingerprint density at radius 1 is 0.524 bits per heavy atom. The highest BCUT2D eigenvalue weighted by Crippen LogP contribution is 2.51. The molecule has 4 heterocycles. The van der Waals surface area contributed by atoms with Crippen molar-refractivity contribution in [1.82, 2.24) is 8.75 Å². The van der Waals surface area contributed by atoms with Gasteiger partial charge < -0.3 is 18.6 Å². The molecular weight excluding hydrogens is 566 g/mol. The Morgan fingerprint density at radius 3 is 1.19 bits per heavy atom. The van der Waals surface area contributed by atoms with Crippen molar-refractivity contribution in [3.63, 3.8) is 0 Å². The molecule has 4 aromatic rings. The highest BCUT2D eigenvalue weighted by atomic mass is 32.1. The van der Waals surface area contributed by atoms with Gasteiger partial charge in [-0.3, -0.25) is 0 Å². The number of aromatic nitrogens is 2. The fourth-order valence-electron chi connectivity index (χ4n) is 5.38. The summed E-state index contributed by atoms with van der Waals surface area (Å²) in [5.41, 5.74) is 7.45. The summed E-state index contributed by atoms with van der Waals surface area (Å²) < 4.78 is 44.0. The first-order chi connectivity index (χ1) is 19.8. The van der Waals surface area contributed by atoms with Crippen LogP contribution in [0.5, 0.6) is 0 Å². The quantitative estimate of drug-likeness (QED) is 0.224. The third-order valence-corrected chi connectivity index (χ3v) is 10.4. The van der Waals surface area contributed by atoms with Crippen LogP contribution in [-0.2, 0) is 30.0 Å². The largest absolute Gasteiger partial charge is 0.494 e. The van der Waals surface area contributed by atoms with Gasteiger partial charge in [-0.1, -0.05) is 48.5 Å². The van der Waals surface area contributed by atoms with E-state index in [1.54, 1.807) is 0 Å². The van der Waals surface area contributed by atoms with Crippen molar-refractivity contribution in [3.8, 4) is 22.3 Å². The SMILES string of the molecule is CC1(C)OB(c2ccc(-c3c4c(c(-c5ccc(B6OC(C)(C)C(C)(C)O6)cc5)c5nsnc35)N=S=N4)cc2)OC1(C)C. The van der Waals surface area contributed by atoms with E-state index < -0.39 is 36.6 Å². The van der Waals surface area contributed by atoms with Crippen LogP contribution < -0.4 is 10.9 Å². The van der Waals surface area contributed by atoms with Crippen LogP contribution in [0, 0.1) is 0 Å². The van der Waals surface area contributed by atoms with E-state index in [0.717, 1.165) is 55.6 Å². The van der Waals surface area contributed by atoms with Crippen molar-refractivity contribution in [3.05, 3.63) is 48.5 Å². The molecule has 0 atom stereocenters. The Hall–Kier alpha value is -2.73. The third-order valence-electron chi connectivity index (χ3n) is 9.37. The summed E-state index contributed by atoms with van der Waals surface area (Å²) in [6.45, 7) is 16.5. The monoisotopic (exact) mass is 598 g/mol. The molecule has 0 saturated carbocycles. The summed E-state index contributed by atoms with van der Waals surface area (Å²) in [5.74, 6) is 0. The van der Waals surface area contributed by atoms with Gasteiger partial charge in [0.15, 0.2) is 0 Å². The molecule has 7 rings (SSSR count). The predicted octanol–water partition coefficient (Wildman–Crippen LogP) is 6.35. The molecule has 0 N–H and O–H groups in total. The van der Waals surface area contributed by atoms with Crippen LogP contribution >= 0.6 is 11.7 Å². The highest BCUT2D eigenvalue weighted by molar-refractivity contribution is 7.58. The standard InChI is InChI=1S/C30H32B2N4O4S2/c1-27(2)28(3,4)38-31(37-27)19-13-9-17(10-14-19)21-23-25(35-41-33-23)22(26-24(21)34-42-36-26)18-11-15-20(16-12-18)32-39-29(5,6)30(7,8)40-32/h9-16H,1-8H3. The third kappa shape index (κ3) is 4.26. The van der Waals surface area contributed by atoms with Crippen molar-refractivity contribution >= 4 is 70.7 Å². The summed E-state index contributed by atoms with van der Waals surface area (Å²) in [5, 5.41) is 0. The van der Waals surface area contributed by atoms with E-state index >= 15 is 0 Å². The summed E-state index contributed by atoms with van der Waals surface area (Å²) in [6.07, 6.45) is 0. The number of nitrogens with zero attached hydrogens (tertiary/aromatic N) is 4. The Labute approximate surface area is 254 Å². The van der Waals surface area contributed by atoms with Gasteiger partial charge in [-0.2, -0.15) is 17.5 Å². The second kappa shape index (κ2) is 9.38. The maximum absolute atomic E-state index is 6.26. The number of hydrogen-bond donors (Lipinski definition) is 0. The lowest BCUT2D eigenvalue weighted by Gasteiger charge is -2.32. The number of benzene rings is 3. The van der Waals surface area contributed by atoms with E-state index in [9.17, 15) is 0 Å². The molecule has 42 heavy (non-hydrogen) atoms. The molecule has 0 amide bonds. The molecule has 3 aromatic carbocycles. The van der Waals surface area contributed by atoms with Gasteiger partial charge in [0.25, 0.3) is 0 Å². The van der Waals surface area contributed by atoms with Gasteiger partial charge >= 0.3 is 14.2 Å². The molecule has 2 saturated heterocycles. The van der Waals surface area contributed by atoms with E-state index in [-0.39, 0.29) is 0 Å². The molecule has 0 unspecified atom stereocenters. The van der Waals surface area contributed by atoms with Crippen molar-refractivity contribution in [1.29, 1.82) is 0 Å². The topological polar surface area (TPSA) is 87.4 Å². The first-order valence-electron chi connectivity index (χ1n) is 14.1. The molecule has 214 valence electrons. The molecular formula is C30H32B2N4O4S2. The molecule has 8 nitrogen and oxygen atoms in total. The molecule has 0 radical (unpaired) electrons. The van der Waals surface area contributed by atoms with Gasteiger partial charge in [0.1, 0.15) is 22.4 Å². The Balaban J connectivity index is 1.25. The normalized spacial score (nSPS) is 21.2. The minimum atomic E-state index is -0.423. The van der Waals surface area contributed by atoms with Gasteiger partial charge in [-0.25, -0.2) is 0 Å². The number of hydrogen-bond acceptors (Lipinski definition) is 9. The van der Waals surface area contributed by atoms with Crippen LogP contribution in [0.15, 0.2) is 57.3 Å². The van der Waals surface area contributed by atoms with Crippen LogP contribution in [0.3, 0.4) is 0 Å². The second-order valence-corrected chi connectivity index (χ2v) is 14.2. The van der Waals surface area contributed by atoms with E-state index in [1.165, 1.54) is 23.1 Å². The zero-order valence-corrected chi connectivity index (χ0v) is 26.6. The highest BCUT2D eigenvalue weighted by Gasteiger charge is 2.52. The minimum absolute atomic E-state index is 0.397. The summed E-state index contributed by atoms with van der Waals surface area (Å²) in [7, 11) is -0.845. The molecule has 12 heteroatoms. The fraction of sp³-hybridized carbons (Fsp3) is 0.400. The Morgan fingerprint density at radius 2 is 0.857 bits per heavy atom. The summed E-state index contributed by atoms with van der Waals surface area (Å²) in [4.78, 5) is 0. The van der Waals surface area contributed by atoms with Crippen LogP contribution in [-0.4, -0.2) is 45.4 Å². The van der Waals surface area contributed by atoms with Crippen molar-refractivity contribution in [2.24, 2.45) is 8.73 Å². The first kappa shape index (κ1) is 28.1. The van der Waals surface area contributed by atoms with E-state index in [1.807, 2.05) is 0 Å². The maximum Gasteiger partial charge on any atom is 0.494 e. The van der Waals surface area contributed by atoms with E-state index in [2.05, 4.69) is 104 Å². The van der Waals surface area contributed by atoms with Gasteiger partial charge in [-0.05, 0) is 77.4 Å². The average molecular weight is 598 g/mol. The van der Waals surface area contributed by atoms with Crippen LogP contribution in [0.2, 0.25) is 0 Å². The lowest BCUT2D eigenvalue weighted by atomic mass is 9.78. The minimum Gasteiger partial charge on any atom is -0.399 e. The number of rotatable bonds is 4. The van der Waals surface area contributed by atoms with Gasteiger partial charge in [-0.15, -0.1) is 0 Å². The molecule has 3 aliphatic heterocycles. The Kier molecular flexibility index (Phi) is 6.27.